The van der Waals surface area contributed by atoms with Crippen LogP contribution in [-0.2, 0) is 4.79 Å². The van der Waals surface area contributed by atoms with E-state index in [0.29, 0.717) is 10.9 Å². The molecule has 0 aliphatic heterocycles. The van der Waals surface area contributed by atoms with E-state index in [9.17, 15) is 9.18 Å². The number of halogens is 2. The van der Waals surface area contributed by atoms with Gasteiger partial charge in [-0.25, -0.2) is 4.39 Å². The first-order chi connectivity index (χ1) is 6.15. The molecule has 13 heavy (non-hydrogen) atoms. The summed E-state index contributed by atoms with van der Waals surface area (Å²) in [6.45, 7) is 1.90. The van der Waals surface area contributed by atoms with Gasteiger partial charge in [-0.1, -0.05) is 13.0 Å². The number of carbonyl (C=O) groups excluding carboxylic acids is 1. The van der Waals surface area contributed by atoms with Crippen LogP contribution >= 0.6 is 15.9 Å². The van der Waals surface area contributed by atoms with E-state index in [4.69, 9.17) is 0 Å². The Kier molecular flexibility index (Phi) is 3.60. The zero-order valence-electron chi connectivity index (χ0n) is 7.26. The molecule has 1 rings (SSSR count). The first-order valence-corrected chi connectivity index (χ1v) is 4.83. The van der Waals surface area contributed by atoms with Gasteiger partial charge in [-0.2, -0.15) is 0 Å². The normalized spacial score (nSPS) is 12.5. The summed E-state index contributed by atoms with van der Waals surface area (Å²) >= 11 is 3.07. The molecule has 0 aliphatic rings. The van der Waals surface area contributed by atoms with Crippen LogP contribution in [0.1, 0.15) is 24.8 Å². The highest BCUT2D eigenvalue weighted by Crippen LogP contribution is 2.23. The predicted octanol–water partition coefficient (Wildman–Crippen LogP) is 3.28. The van der Waals surface area contributed by atoms with Gasteiger partial charge in [0.05, 0.1) is 4.47 Å². The summed E-state index contributed by atoms with van der Waals surface area (Å²) in [5.74, 6) is -0.199. The lowest BCUT2D eigenvalue weighted by molar-refractivity contribution is -0.108. The Morgan fingerprint density at radius 2 is 2.31 bits per heavy atom. The lowest BCUT2D eigenvalue weighted by Gasteiger charge is -2.08. The van der Waals surface area contributed by atoms with Crippen LogP contribution < -0.4 is 0 Å². The SMILES string of the molecule is CC(CC=O)c1ccc(Br)c(F)c1. The number of rotatable bonds is 3. The molecule has 70 valence electrons. The molecule has 0 bridgehead atoms. The number of aldehydes is 1. The third-order valence-corrected chi connectivity index (χ3v) is 2.61. The molecule has 0 amide bonds. The maximum Gasteiger partial charge on any atom is 0.137 e. The number of carbonyl (C=O) groups is 1. The quantitative estimate of drug-likeness (QED) is 0.747. The predicted molar refractivity (Wildman–Crippen MR) is 53.2 cm³/mol. The van der Waals surface area contributed by atoms with Gasteiger partial charge >= 0.3 is 0 Å². The Morgan fingerprint density at radius 3 is 2.85 bits per heavy atom. The fourth-order valence-electron chi connectivity index (χ4n) is 1.10. The Balaban J connectivity index is 2.89. The van der Waals surface area contributed by atoms with Crippen LogP contribution in [0.15, 0.2) is 22.7 Å². The molecule has 1 aromatic rings. The highest BCUT2D eigenvalue weighted by Gasteiger charge is 2.07. The zero-order chi connectivity index (χ0) is 9.84. The van der Waals surface area contributed by atoms with Crippen molar-refractivity contribution in [1.82, 2.24) is 0 Å². The molecule has 0 saturated carbocycles. The molecule has 0 radical (unpaired) electrons. The molecule has 0 saturated heterocycles. The highest BCUT2D eigenvalue weighted by molar-refractivity contribution is 9.10. The second-order valence-corrected chi connectivity index (χ2v) is 3.83. The van der Waals surface area contributed by atoms with Crippen molar-refractivity contribution in [2.45, 2.75) is 19.3 Å². The topological polar surface area (TPSA) is 17.1 Å². The van der Waals surface area contributed by atoms with E-state index in [1.54, 1.807) is 6.07 Å². The standard InChI is InChI=1S/C10H10BrFO/c1-7(4-5-13)8-2-3-9(11)10(12)6-8/h2-3,5-7H,4H2,1H3. The van der Waals surface area contributed by atoms with Gasteiger partial charge in [-0.3, -0.25) is 0 Å². The highest BCUT2D eigenvalue weighted by atomic mass is 79.9. The molecule has 0 aliphatic carbocycles. The van der Waals surface area contributed by atoms with Crippen molar-refractivity contribution in [3.8, 4) is 0 Å². The lowest BCUT2D eigenvalue weighted by atomic mass is 9.99. The zero-order valence-corrected chi connectivity index (χ0v) is 8.84. The minimum Gasteiger partial charge on any atom is -0.303 e. The first-order valence-electron chi connectivity index (χ1n) is 4.03. The number of hydrogen-bond acceptors (Lipinski definition) is 1. The Hall–Kier alpha value is -0.700. The van der Waals surface area contributed by atoms with E-state index in [1.165, 1.54) is 6.07 Å². The Bertz CT molecular complexity index is 312. The van der Waals surface area contributed by atoms with Gasteiger partial charge in [-0.15, -0.1) is 0 Å². The molecule has 0 spiro atoms. The van der Waals surface area contributed by atoms with E-state index in [1.807, 2.05) is 13.0 Å². The van der Waals surface area contributed by atoms with Gasteiger partial charge in [0, 0.05) is 6.42 Å². The van der Waals surface area contributed by atoms with E-state index in [-0.39, 0.29) is 11.7 Å². The molecule has 0 aromatic heterocycles. The molecule has 0 fully saturated rings. The summed E-state index contributed by atoms with van der Waals surface area (Å²) in [7, 11) is 0. The van der Waals surface area contributed by atoms with Crippen molar-refractivity contribution in [3.05, 3.63) is 34.1 Å². The number of hydrogen-bond donors (Lipinski definition) is 0. The van der Waals surface area contributed by atoms with Gasteiger partial charge in [0.25, 0.3) is 0 Å². The van der Waals surface area contributed by atoms with Gasteiger partial charge in [0.1, 0.15) is 12.1 Å². The van der Waals surface area contributed by atoms with Crippen molar-refractivity contribution in [3.63, 3.8) is 0 Å². The van der Waals surface area contributed by atoms with Crippen LogP contribution in [0, 0.1) is 5.82 Å². The fraction of sp³-hybridized carbons (Fsp3) is 0.300. The first kappa shape index (κ1) is 10.4. The maximum absolute atomic E-state index is 13.0. The van der Waals surface area contributed by atoms with Crippen LogP contribution in [-0.4, -0.2) is 6.29 Å². The average molecular weight is 245 g/mol. The van der Waals surface area contributed by atoms with Gasteiger partial charge in [0.2, 0.25) is 0 Å². The van der Waals surface area contributed by atoms with Gasteiger partial charge < -0.3 is 4.79 Å². The van der Waals surface area contributed by atoms with Crippen LogP contribution in [0.25, 0.3) is 0 Å². The summed E-state index contributed by atoms with van der Waals surface area (Å²) in [5, 5.41) is 0. The third-order valence-electron chi connectivity index (χ3n) is 1.96. The molecule has 0 heterocycles. The van der Waals surface area contributed by atoms with Crippen LogP contribution in [0.3, 0.4) is 0 Å². The summed E-state index contributed by atoms with van der Waals surface area (Å²) in [6, 6.07) is 4.94. The summed E-state index contributed by atoms with van der Waals surface area (Å²) < 4.78 is 13.5. The van der Waals surface area contributed by atoms with Crippen LogP contribution in [0.2, 0.25) is 0 Å². The third kappa shape index (κ3) is 2.62. The largest absolute Gasteiger partial charge is 0.303 e. The second kappa shape index (κ2) is 4.51. The summed E-state index contributed by atoms with van der Waals surface area (Å²) in [6.07, 6.45) is 1.28. The fourth-order valence-corrected chi connectivity index (χ4v) is 1.35. The van der Waals surface area contributed by atoms with Crippen molar-refractivity contribution in [2.75, 3.05) is 0 Å². The number of benzene rings is 1. The summed E-state index contributed by atoms with van der Waals surface area (Å²) in [5.41, 5.74) is 0.854. The maximum atomic E-state index is 13.0. The van der Waals surface area contributed by atoms with E-state index in [0.717, 1.165) is 11.8 Å². The van der Waals surface area contributed by atoms with E-state index >= 15 is 0 Å². The van der Waals surface area contributed by atoms with Crippen LogP contribution in [0.4, 0.5) is 4.39 Å². The smallest absolute Gasteiger partial charge is 0.137 e. The van der Waals surface area contributed by atoms with Crippen molar-refractivity contribution in [2.24, 2.45) is 0 Å². The van der Waals surface area contributed by atoms with E-state index < -0.39 is 0 Å². The Morgan fingerprint density at radius 1 is 1.62 bits per heavy atom. The molecule has 1 unspecified atom stereocenters. The Labute approximate surface area is 85.1 Å². The van der Waals surface area contributed by atoms with Crippen molar-refractivity contribution < 1.29 is 9.18 Å². The van der Waals surface area contributed by atoms with Crippen LogP contribution in [0.5, 0.6) is 0 Å². The molecule has 1 atom stereocenters. The van der Waals surface area contributed by atoms with Crippen molar-refractivity contribution >= 4 is 22.2 Å². The molecule has 0 N–H and O–H groups in total. The van der Waals surface area contributed by atoms with E-state index in [2.05, 4.69) is 15.9 Å². The van der Waals surface area contributed by atoms with Gasteiger partial charge in [-0.05, 0) is 39.5 Å². The molecule has 1 nitrogen and oxygen atoms in total. The minimum absolute atomic E-state index is 0.0834. The van der Waals surface area contributed by atoms with Crippen molar-refractivity contribution in [1.29, 1.82) is 0 Å². The van der Waals surface area contributed by atoms with Gasteiger partial charge in [0.15, 0.2) is 0 Å². The minimum atomic E-state index is -0.282. The molecular formula is C10H10BrFO. The molecule has 3 heteroatoms. The molecular weight excluding hydrogens is 235 g/mol. The average Bonchev–Trinajstić information content (AvgIpc) is 2.10. The lowest BCUT2D eigenvalue weighted by Crippen LogP contribution is -1.95. The molecule has 1 aromatic carbocycles. The monoisotopic (exact) mass is 244 g/mol. The summed E-state index contributed by atoms with van der Waals surface area (Å²) in [4.78, 5) is 10.2. The second-order valence-electron chi connectivity index (χ2n) is 2.98.